The molecule has 1 aromatic carbocycles. The van der Waals surface area contributed by atoms with Gasteiger partial charge in [-0.05, 0) is 12.1 Å². The van der Waals surface area contributed by atoms with Crippen LogP contribution in [0, 0.1) is 0 Å². The van der Waals surface area contributed by atoms with Gasteiger partial charge in [-0.15, -0.1) is 0 Å². The van der Waals surface area contributed by atoms with Gasteiger partial charge >= 0.3 is 0 Å². The van der Waals surface area contributed by atoms with E-state index in [-0.39, 0.29) is 0 Å². The highest BCUT2D eigenvalue weighted by atomic mass is 32.2. The fourth-order valence-electron chi connectivity index (χ4n) is 1.18. The van der Waals surface area contributed by atoms with Crippen molar-refractivity contribution in [2.45, 2.75) is 0 Å². The van der Waals surface area contributed by atoms with Crippen LogP contribution >= 0.6 is 0 Å². The lowest BCUT2D eigenvalue weighted by Crippen LogP contribution is -2.44. The maximum absolute atomic E-state index is 9.08. The quantitative estimate of drug-likeness (QED) is 0.399. The average molecular weight is 240 g/mol. The lowest BCUT2D eigenvalue weighted by molar-refractivity contribution is -0.611. The molecule has 0 amide bonds. The third-order valence-electron chi connectivity index (χ3n) is 1.74. The molecular formula is C10H12N2O3S. The minimum atomic E-state index is -3.92. The minimum absolute atomic E-state index is 0.604. The van der Waals surface area contributed by atoms with E-state index in [4.69, 9.17) is 18.8 Å². The number of benzene rings is 1. The molecule has 2 rings (SSSR count). The summed E-state index contributed by atoms with van der Waals surface area (Å²) < 4.78 is 28.8. The summed E-state index contributed by atoms with van der Waals surface area (Å²) in [4.78, 5) is 0. The molecule has 0 saturated carbocycles. The van der Waals surface area contributed by atoms with Gasteiger partial charge in [0.15, 0.2) is 6.20 Å². The van der Waals surface area contributed by atoms with Crippen molar-refractivity contribution in [3.63, 3.8) is 0 Å². The summed E-state index contributed by atoms with van der Waals surface area (Å²) in [5.74, 6) is 5.67. The van der Waals surface area contributed by atoms with Gasteiger partial charge in [-0.2, -0.15) is 0 Å². The first-order chi connectivity index (χ1) is 7.38. The van der Waals surface area contributed by atoms with E-state index >= 15 is 0 Å². The molecule has 0 spiro atoms. The Bertz CT molecular complexity index is 568. The van der Waals surface area contributed by atoms with E-state index in [1.807, 2.05) is 42.6 Å². The predicted octanol–water partition coefficient (Wildman–Crippen LogP) is 0.00250. The maximum atomic E-state index is 9.08. The lowest BCUT2D eigenvalue weighted by atomic mass is 10.2. The lowest BCUT2D eigenvalue weighted by Gasteiger charge is -1.91. The molecule has 0 aliphatic rings. The average Bonchev–Trinajstić information content (AvgIpc) is 2.16. The second kappa shape index (κ2) is 4.91. The van der Waals surface area contributed by atoms with Gasteiger partial charge in [-0.3, -0.25) is 0 Å². The molecular weight excluding hydrogens is 228 g/mol. The number of pyridine rings is 1. The molecule has 2 aromatic rings. The van der Waals surface area contributed by atoms with Crippen molar-refractivity contribution < 1.29 is 17.6 Å². The number of nitrogen functional groups attached to an aromatic ring is 1. The molecule has 1 aromatic heterocycles. The third kappa shape index (κ3) is 4.24. The molecule has 2 N–H and O–H groups in total. The summed E-state index contributed by atoms with van der Waals surface area (Å²) in [5.41, 5.74) is 1.05. The zero-order valence-electron chi connectivity index (χ0n) is 8.70. The highest BCUT2D eigenvalue weighted by molar-refractivity contribution is 7.84. The normalized spacial score (nSPS) is 10.6. The summed E-state index contributed by atoms with van der Waals surface area (Å²) in [6, 6.07) is 12.0. The van der Waals surface area contributed by atoms with Gasteiger partial charge in [0.1, 0.15) is 0 Å². The number of hydrogen-bond donors (Lipinski definition) is 1. The first-order valence-corrected chi connectivity index (χ1v) is 6.25. The SMILES string of the molecule is CS(=O)(=O)[O-].N[n+]1cccc2ccccc21. The summed E-state index contributed by atoms with van der Waals surface area (Å²) in [6.07, 6.45) is 2.44. The van der Waals surface area contributed by atoms with E-state index in [9.17, 15) is 0 Å². The first kappa shape index (κ1) is 12.4. The molecule has 0 radical (unpaired) electrons. The smallest absolute Gasteiger partial charge is 0.242 e. The van der Waals surface area contributed by atoms with Crippen molar-refractivity contribution in [1.29, 1.82) is 0 Å². The fourth-order valence-corrected chi connectivity index (χ4v) is 1.18. The van der Waals surface area contributed by atoms with Crippen molar-refractivity contribution >= 4 is 21.0 Å². The fraction of sp³-hybridized carbons (Fsp3) is 0.100. The number of para-hydroxylation sites is 1. The molecule has 0 fully saturated rings. The van der Waals surface area contributed by atoms with Crippen LogP contribution in [0.4, 0.5) is 0 Å². The maximum Gasteiger partial charge on any atom is 0.242 e. The van der Waals surface area contributed by atoms with Crippen LogP contribution in [0.15, 0.2) is 42.6 Å². The van der Waals surface area contributed by atoms with Gasteiger partial charge in [-0.25, -0.2) is 14.3 Å². The summed E-state index contributed by atoms with van der Waals surface area (Å²) in [5, 5.41) is 1.16. The van der Waals surface area contributed by atoms with Crippen LogP contribution in [0.1, 0.15) is 0 Å². The van der Waals surface area contributed by atoms with Crippen LogP contribution in [-0.4, -0.2) is 19.2 Å². The number of hydrogen-bond acceptors (Lipinski definition) is 4. The molecule has 0 saturated heterocycles. The number of aromatic nitrogens is 1. The number of rotatable bonds is 0. The summed E-state index contributed by atoms with van der Waals surface area (Å²) in [6.45, 7) is 0. The molecule has 0 unspecified atom stereocenters. The predicted molar refractivity (Wildman–Crippen MR) is 59.9 cm³/mol. The van der Waals surface area contributed by atoms with Crippen molar-refractivity contribution in [1.82, 2.24) is 0 Å². The molecule has 0 aliphatic carbocycles. The van der Waals surface area contributed by atoms with Crippen LogP contribution < -0.4 is 10.5 Å². The van der Waals surface area contributed by atoms with Gasteiger partial charge in [0, 0.05) is 23.8 Å². The standard InChI is InChI=1S/C9H9N2.CH4O3S/c10-11-7-3-5-8-4-1-2-6-9(8)11;1-5(2,3)4/h1-7H,10H2;1H3,(H,2,3,4)/q+1;/p-1. The Morgan fingerprint density at radius 1 is 1.19 bits per heavy atom. The molecule has 5 nitrogen and oxygen atoms in total. The van der Waals surface area contributed by atoms with Gasteiger partial charge in [-0.1, -0.05) is 16.8 Å². The topological polar surface area (TPSA) is 87.1 Å². The van der Waals surface area contributed by atoms with E-state index < -0.39 is 10.1 Å². The Morgan fingerprint density at radius 3 is 2.25 bits per heavy atom. The second-order valence-electron chi connectivity index (χ2n) is 3.18. The summed E-state index contributed by atoms with van der Waals surface area (Å²) >= 11 is 0. The zero-order chi connectivity index (χ0) is 12.2. The van der Waals surface area contributed by atoms with Crippen molar-refractivity contribution in [3.05, 3.63) is 42.6 Å². The molecule has 0 aliphatic heterocycles. The zero-order valence-corrected chi connectivity index (χ0v) is 9.52. The van der Waals surface area contributed by atoms with Gasteiger partial charge < -0.3 is 4.55 Å². The van der Waals surface area contributed by atoms with E-state index in [2.05, 4.69) is 0 Å². The van der Waals surface area contributed by atoms with Crippen molar-refractivity contribution in [2.75, 3.05) is 12.1 Å². The number of nitrogens with two attached hydrogens (primary N) is 1. The highest BCUT2D eigenvalue weighted by Gasteiger charge is 2.00. The number of fused-ring (bicyclic) bond motifs is 1. The monoisotopic (exact) mass is 240 g/mol. The molecule has 0 bridgehead atoms. The Hall–Kier alpha value is -1.66. The Labute approximate surface area is 93.9 Å². The van der Waals surface area contributed by atoms with Crippen LogP contribution in [0.25, 0.3) is 10.9 Å². The molecule has 16 heavy (non-hydrogen) atoms. The van der Waals surface area contributed by atoms with Crippen LogP contribution in [-0.2, 0) is 10.1 Å². The second-order valence-corrected chi connectivity index (χ2v) is 4.59. The van der Waals surface area contributed by atoms with Crippen LogP contribution in [0.3, 0.4) is 0 Å². The van der Waals surface area contributed by atoms with E-state index in [0.29, 0.717) is 6.26 Å². The Kier molecular flexibility index (Phi) is 3.81. The van der Waals surface area contributed by atoms with Gasteiger partial charge in [0.05, 0.1) is 10.1 Å². The largest absolute Gasteiger partial charge is 0.748 e. The van der Waals surface area contributed by atoms with Gasteiger partial charge in [0.2, 0.25) is 5.52 Å². The van der Waals surface area contributed by atoms with Crippen LogP contribution in [0.2, 0.25) is 0 Å². The molecule has 6 heteroatoms. The highest BCUT2D eigenvalue weighted by Crippen LogP contribution is 2.05. The van der Waals surface area contributed by atoms with E-state index in [0.717, 1.165) is 10.9 Å². The number of nitrogens with zero attached hydrogens (tertiary/aromatic N) is 1. The van der Waals surface area contributed by atoms with Gasteiger partial charge in [0.25, 0.3) is 0 Å². The molecule has 1 heterocycles. The van der Waals surface area contributed by atoms with Crippen LogP contribution in [0.5, 0.6) is 0 Å². The Morgan fingerprint density at radius 2 is 1.69 bits per heavy atom. The van der Waals surface area contributed by atoms with E-state index in [1.54, 1.807) is 4.68 Å². The minimum Gasteiger partial charge on any atom is -0.748 e. The van der Waals surface area contributed by atoms with E-state index in [1.165, 1.54) is 0 Å². The summed E-state index contributed by atoms with van der Waals surface area (Å²) in [7, 11) is -3.92. The third-order valence-corrected chi connectivity index (χ3v) is 1.74. The van der Waals surface area contributed by atoms with Crippen molar-refractivity contribution in [2.24, 2.45) is 0 Å². The Balaban J connectivity index is 0.000000221. The van der Waals surface area contributed by atoms with Crippen molar-refractivity contribution in [3.8, 4) is 0 Å². The first-order valence-electron chi connectivity index (χ1n) is 4.43. The molecule has 0 atom stereocenters. The molecule has 86 valence electrons.